The molecule has 0 aliphatic rings. The van der Waals surface area contributed by atoms with Crippen molar-refractivity contribution in [2.45, 2.75) is 25.1 Å². The summed E-state index contributed by atoms with van der Waals surface area (Å²) in [5.41, 5.74) is 3.47. The molecule has 0 aliphatic carbocycles. The number of halogens is 1. The number of hydrogen-bond donors (Lipinski definition) is 0. The van der Waals surface area contributed by atoms with Crippen LogP contribution in [0.15, 0.2) is 48.5 Å². The fourth-order valence-electron chi connectivity index (χ4n) is 2.20. The number of hydrogen-bond acceptors (Lipinski definition) is 1. The van der Waals surface area contributed by atoms with Gasteiger partial charge in [-0.25, -0.2) is 0 Å². The molecule has 0 fully saturated rings. The van der Waals surface area contributed by atoms with Crippen LogP contribution >= 0.6 is 11.6 Å². The minimum absolute atomic E-state index is 0.174. The molecule has 0 saturated carbocycles. The molecule has 0 N–H and O–H groups in total. The molecule has 0 bridgehead atoms. The van der Waals surface area contributed by atoms with E-state index in [1.54, 1.807) is 7.11 Å². The molecule has 0 amide bonds. The van der Waals surface area contributed by atoms with Crippen molar-refractivity contribution in [2.75, 3.05) is 7.11 Å². The fraction of sp³-hybridized carbons (Fsp3) is 0.294. The topological polar surface area (TPSA) is 9.23 Å². The Kier molecular flexibility index (Phi) is 4.86. The van der Waals surface area contributed by atoms with Crippen LogP contribution in [0.1, 0.15) is 35.4 Å². The highest BCUT2D eigenvalue weighted by molar-refractivity contribution is 6.22. The molecule has 2 aromatic carbocycles. The second-order valence-corrected chi connectivity index (χ2v) is 5.03. The molecular weight excluding hydrogens is 256 g/mol. The number of benzene rings is 2. The van der Waals surface area contributed by atoms with Crippen LogP contribution in [0.3, 0.4) is 0 Å². The molecule has 1 unspecified atom stereocenters. The zero-order valence-corrected chi connectivity index (χ0v) is 12.2. The van der Waals surface area contributed by atoms with Gasteiger partial charge in [-0.3, -0.25) is 0 Å². The van der Waals surface area contributed by atoms with E-state index in [0.29, 0.717) is 0 Å². The lowest BCUT2D eigenvalue weighted by atomic mass is 10.0. The predicted molar refractivity (Wildman–Crippen MR) is 81.1 cm³/mol. The molecule has 2 rings (SSSR count). The van der Waals surface area contributed by atoms with E-state index in [4.69, 9.17) is 16.3 Å². The fourth-order valence-corrected chi connectivity index (χ4v) is 2.52. The highest BCUT2D eigenvalue weighted by Crippen LogP contribution is 2.34. The van der Waals surface area contributed by atoms with E-state index in [1.165, 1.54) is 5.56 Å². The van der Waals surface area contributed by atoms with E-state index in [-0.39, 0.29) is 5.38 Å². The summed E-state index contributed by atoms with van der Waals surface area (Å²) in [7, 11) is 1.67. The maximum Gasteiger partial charge on any atom is 0.123 e. The van der Waals surface area contributed by atoms with Gasteiger partial charge >= 0.3 is 0 Å². The maximum absolute atomic E-state index is 6.56. The van der Waals surface area contributed by atoms with E-state index in [0.717, 1.165) is 29.7 Å². The first kappa shape index (κ1) is 14.0. The molecule has 2 heteroatoms. The minimum Gasteiger partial charge on any atom is -0.496 e. The molecule has 100 valence electrons. The summed E-state index contributed by atoms with van der Waals surface area (Å²) >= 11 is 6.56. The predicted octanol–water partition coefficient (Wildman–Crippen LogP) is 4.98. The zero-order chi connectivity index (χ0) is 13.7. The van der Waals surface area contributed by atoms with Crippen LogP contribution in [0, 0.1) is 0 Å². The van der Waals surface area contributed by atoms with Crippen LogP contribution in [0.4, 0.5) is 0 Å². The van der Waals surface area contributed by atoms with Gasteiger partial charge in [-0.15, -0.1) is 11.6 Å². The highest BCUT2D eigenvalue weighted by Gasteiger charge is 2.14. The number of aryl methyl sites for hydroxylation is 1. The van der Waals surface area contributed by atoms with Crippen molar-refractivity contribution in [3.8, 4) is 5.75 Å². The van der Waals surface area contributed by atoms with Gasteiger partial charge in [0, 0.05) is 5.56 Å². The summed E-state index contributed by atoms with van der Waals surface area (Å²) in [6.07, 6.45) is 2.28. The van der Waals surface area contributed by atoms with E-state index >= 15 is 0 Å². The lowest BCUT2D eigenvalue weighted by Crippen LogP contribution is -1.97. The molecule has 0 aliphatic heterocycles. The van der Waals surface area contributed by atoms with Gasteiger partial charge in [0.1, 0.15) is 5.75 Å². The summed E-state index contributed by atoms with van der Waals surface area (Å²) in [5, 5.41) is -0.174. The quantitative estimate of drug-likeness (QED) is 0.699. The largest absolute Gasteiger partial charge is 0.496 e. The molecule has 0 radical (unpaired) electrons. The van der Waals surface area contributed by atoms with Gasteiger partial charge in [-0.1, -0.05) is 55.8 Å². The average Bonchev–Trinajstić information content (AvgIpc) is 2.47. The summed E-state index contributed by atoms with van der Waals surface area (Å²) in [6.45, 7) is 2.19. The molecule has 0 spiro atoms. The standard InChI is InChI=1S/C17H19ClO/c1-3-6-13-9-11-14(12-10-13)17(18)15-7-4-5-8-16(15)19-2/h4-5,7-12,17H,3,6H2,1-2H3. The molecule has 2 aromatic rings. The third-order valence-corrected chi connectivity index (χ3v) is 3.71. The van der Waals surface area contributed by atoms with Gasteiger partial charge < -0.3 is 4.74 Å². The van der Waals surface area contributed by atoms with Crippen LogP contribution in [-0.4, -0.2) is 7.11 Å². The normalized spacial score (nSPS) is 12.2. The highest BCUT2D eigenvalue weighted by atomic mass is 35.5. The Hall–Kier alpha value is -1.47. The number of rotatable bonds is 5. The van der Waals surface area contributed by atoms with Crippen molar-refractivity contribution in [1.29, 1.82) is 0 Å². The average molecular weight is 275 g/mol. The van der Waals surface area contributed by atoms with E-state index < -0.39 is 0 Å². The van der Waals surface area contributed by atoms with Crippen LogP contribution in [-0.2, 0) is 6.42 Å². The first-order chi connectivity index (χ1) is 9.26. The molecule has 0 saturated heterocycles. The Morgan fingerprint density at radius 1 is 1.05 bits per heavy atom. The second-order valence-electron chi connectivity index (χ2n) is 4.60. The number of alkyl halides is 1. The molecule has 0 heterocycles. The summed E-state index contributed by atoms with van der Waals surface area (Å²) in [4.78, 5) is 0. The minimum atomic E-state index is -0.174. The third kappa shape index (κ3) is 3.30. The first-order valence-electron chi connectivity index (χ1n) is 6.62. The second kappa shape index (κ2) is 6.63. The van der Waals surface area contributed by atoms with Crippen LogP contribution < -0.4 is 4.74 Å². The molecular formula is C17H19ClO. The molecule has 19 heavy (non-hydrogen) atoms. The smallest absolute Gasteiger partial charge is 0.123 e. The van der Waals surface area contributed by atoms with Crippen molar-refractivity contribution >= 4 is 11.6 Å². The summed E-state index contributed by atoms with van der Waals surface area (Å²) < 4.78 is 5.37. The van der Waals surface area contributed by atoms with Crippen LogP contribution in [0.5, 0.6) is 5.75 Å². The van der Waals surface area contributed by atoms with Gasteiger partial charge in [0.05, 0.1) is 12.5 Å². The Morgan fingerprint density at radius 2 is 1.74 bits per heavy atom. The maximum atomic E-state index is 6.56. The first-order valence-corrected chi connectivity index (χ1v) is 7.05. The van der Waals surface area contributed by atoms with Crippen molar-refractivity contribution in [1.82, 2.24) is 0 Å². The zero-order valence-electron chi connectivity index (χ0n) is 11.4. The van der Waals surface area contributed by atoms with Gasteiger partial charge in [0.2, 0.25) is 0 Å². The lowest BCUT2D eigenvalue weighted by molar-refractivity contribution is 0.410. The summed E-state index contributed by atoms with van der Waals surface area (Å²) in [5.74, 6) is 0.833. The van der Waals surface area contributed by atoms with Gasteiger partial charge in [-0.05, 0) is 23.6 Å². The van der Waals surface area contributed by atoms with Gasteiger partial charge in [0.15, 0.2) is 0 Å². The molecule has 1 atom stereocenters. The Balaban J connectivity index is 2.25. The Bertz CT molecular complexity index is 519. The van der Waals surface area contributed by atoms with Crippen molar-refractivity contribution < 1.29 is 4.74 Å². The number of para-hydroxylation sites is 1. The molecule has 1 nitrogen and oxygen atoms in total. The van der Waals surface area contributed by atoms with Crippen LogP contribution in [0.2, 0.25) is 0 Å². The molecule has 0 aromatic heterocycles. The Labute approximate surface area is 120 Å². The number of ether oxygens (including phenoxy) is 1. The SMILES string of the molecule is CCCc1ccc(C(Cl)c2ccccc2OC)cc1. The number of methoxy groups -OCH3 is 1. The van der Waals surface area contributed by atoms with Crippen molar-refractivity contribution in [2.24, 2.45) is 0 Å². The van der Waals surface area contributed by atoms with Gasteiger partial charge in [0.25, 0.3) is 0 Å². The van der Waals surface area contributed by atoms with Crippen LogP contribution in [0.25, 0.3) is 0 Å². The van der Waals surface area contributed by atoms with Gasteiger partial charge in [-0.2, -0.15) is 0 Å². The Morgan fingerprint density at radius 3 is 2.37 bits per heavy atom. The lowest BCUT2D eigenvalue weighted by Gasteiger charge is -2.14. The van der Waals surface area contributed by atoms with Crippen molar-refractivity contribution in [3.63, 3.8) is 0 Å². The third-order valence-electron chi connectivity index (χ3n) is 3.22. The summed E-state index contributed by atoms with van der Waals surface area (Å²) in [6, 6.07) is 16.4. The monoisotopic (exact) mass is 274 g/mol. The van der Waals surface area contributed by atoms with E-state index in [9.17, 15) is 0 Å². The van der Waals surface area contributed by atoms with E-state index in [1.807, 2.05) is 24.3 Å². The van der Waals surface area contributed by atoms with E-state index in [2.05, 4.69) is 31.2 Å². The van der Waals surface area contributed by atoms with Crippen molar-refractivity contribution in [3.05, 3.63) is 65.2 Å².